The molecule has 5 nitrogen and oxygen atoms in total. The van der Waals surface area contributed by atoms with Gasteiger partial charge in [0.2, 0.25) is 0 Å². The van der Waals surface area contributed by atoms with Crippen LogP contribution in [0.4, 0.5) is 0 Å². The number of rotatable bonds is 2. The lowest BCUT2D eigenvalue weighted by atomic mass is 9.73. The minimum absolute atomic E-state index is 0.0341. The summed E-state index contributed by atoms with van der Waals surface area (Å²) in [4.78, 5) is 26.2. The van der Waals surface area contributed by atoms with E-state index in [1.165, 1.54) is 0 Å². The Bertz CT molecular complexity index is 748. The van der Waals surface area contributed by atoms with Gasteiger partial charge in [0.25, 0.3) is 0 Å². The van der Waals surface area contributed by atoms with Crippen LogP contribution in [0.2, 0.25) is 0 Å². The summed E-state index contributed by atoms with van der Waals surface area (Å²) in [7, 11) is 0. The van der Waals surface area contributed by atoms with Gasteiger partial charge in [-0.1, -0.05) is 71.9 Å². The average molecular weight is 447 g/mol. The van der Waals surface area contributed by atoms with Crippen molar-refractivity contribution in [2.45, 2.75) is 79.6 Å². The second-order valence-corrected chi connectivity index (χ2v) is 10.3. The number of esters is 1. The molecular weight excluding hydrogens is 404 g/mol. The predicted octanol–water partition coefficient (Wildman–Crippen LogP) is 4.29. The lowest BCUT2D eigenvalue weighted by Crippen LogP contribution is -2.44. The Balaban J connectivity index is 2.40. The fourth-order valence-corrected chi connectivity index (χ4v) is 5.04. The van der Waals surface area contributed by atoms with Gasteiger partial charge >= 0.3 is 5.97 Å². The molecule has 2 N–H and O–H groups in total. The summed E-state index contributed by atoms with van der Waals surface area (Å²) < 4.78 is 5.92. The molecule has 1 aromatic carbocycles. The normalized spacial score (nSPS) is 40.4. The van der Waals surface area contributed by atoms with E-state index in [0.29, 0.717) is 12.8 Å². The Labute approximate surface area is 193 Å². The summed E-state index contributed by atoms with van der Waals surface area (Å²) in [5, 5.41) is 22.0. The highest BCUT2D eigenvalue weighted by Gasteiger charge is 2.39. The monoisotopic (exact) mass is 446 g/mol. The Morgan fingerprint density at radius 3 is 1.97 bits per heavy atom. The number of Topliss-reactive ketones (excluding diaryl/α,β-unsaturated/α-hetero) is 1. The molecule has 1 aliphatic rings. The number of carbonyl (C=O) groups excluding carboxylic acids is 2. The highest BCUT2D eigenvalue weighted by atomic mass is 16.5. The minimum atomic E-state index is -0.929. The number of cyclic esters (lactones) is 1. The van der Waals surface area contributed by atoms with Crippen LogP contribution in [0, 0.1) is 41.4 Å². The van der Waals surface area contributed by atoms with Gasteiger partial charge < -0.3 is 14.9 Å². The third kappa shape index (κ3) is 6.20. The molecule has 1 aromatic rings. The average Bonchev–Trinajstić information content (AvgIpc) is 2.79. The Hall–Kier alpha value is -1.72. The van der Waals surface area contributed by atoms with Crippen LogP contribution < -0.4 is 0 Å². The Kier molecular flexibility index (Phi) is 9.47. The van der Waals surface area contributed by atoms with Gasteiger partial charge in [-0.25, -0.2) is 0 Å². The molecule has 1 aliphatic heterocycles. The number of ether oxygens (including phenoxy) is 1. The van der Waals surface area contributed by atoms with Crippen LogP contribution in [-0.2, 0) is 20.7 Å². The molecule has 0 aliphatic carbocycles. The van der Waals surface area contributed by atoms with Crippen LogP contribution in [0.15, 0.2) is 30.3 Å². The zero-order chi connectivity index (χ0) is 24.2. The van der Waals surface area contributed by atoms with Crippen molar-refractivity contribution in [2.24, 2.45) is 41.4 Å². The van der Waals surface area contributed by atoms with E-state index in [0.717, 1.165) is 5.56 Å². The fourth-order valence-electron chi connectivity index (χ4n) is 5.04. The maximum Gasteiger partial charge on any atom is 0.311 e. The second kappa shape index (κ2) is 11.4. The van der Waals surface area contributed by atoms with Crippen molar-refractivity contribution >= 4 is 11.8 Å². The third-order valence-electron chi connectivity index (χ3n) is 7.99. The molecule has 32 heavy (non-hydrogen) atoms. The van der Waals surface area contributed by atoms with E-state index in [2.05, 4.69) is 13.8 Å². The van der Waals surface area contributed by atoms with E-state index in [4.69, 9.17) is 4.74 Å². The molecule has 10 atom stereocenters. The molecule has 10 unspecified atom stereocenters. The van der Waals surface area contributed by atoms with E-state index in [1.807, 2.05) is 51.1 Å². The van der Waals surface area contributed by atoms with Crippen molar-refractivity contribution in [1.82, 2.24) is 0 Å². The third-order valence-corrected chi connectivity index (χ3v) is 7.99. The quantitative estimate of drug-likeness (QED) is 0.662. The van der Waals surface area contributed by atoms with Crippen molar-refractivity contribution in [3.05, 3.63) is 35.9 Å². The molecule has 0 spiro atoms. The van der Waals surface area contributed by atoms with Gasteiger partial charge in [-0.05, 0) is 36.7 Å². The van der Waals surface area contributed by atoms with Crippen molar-refractivity contribution < 1.29 is 24.5 Å². The first-order valence-electron chi connectivity index (χ1n) is 12.1. The van der Waals surface area contributed by atoms with Gasteiger partial charge in [0.05, 0.1) is 18.1 Å². The Morgan fingerprint density at radius 2 is 1.38 bits per heavy atom. The van der Waals surface area contributed by atoms with Crippen molar-refractivity contribution in [1.29, 1.82) is 0 Å². The zero-order valence-electron chi connectivity index (χ0n) is 20.7. The van der Waals surface area contributed by atoms with Crippen LogP contribution in [0.25, 0.3) is 0 Å². The van der Waals surface area contributed by atoms with Crippen molar-refractivity contribution in [3.8, 4) is 0 Å². The summed E-state index contributed by atoms with van der Waals surface area (Å²) >= 11 is 0. The van der Waals surface area contributed by atoms with Crippen molar-refractivity contribution in [3.63, 3.8) is 0 Å². The molecule has 1 saturated heterocycles. The molecular formula is C27H42O5. The highest BCUT2D eigenvalue weighted by Crippen LogP contribution is 2.34. The molecule has 5 heteroatoms. The van der Waals surface area contributed by atoms with E-state index in [-0.39, 0.29) is 29.5 Å². The summed E-state index contributed by atoms with van der Waals surface area (Å²) in [5.74, 6) is -2.10. The molecule has 1 heterocycles. The van der Waals surface area contributed by atoms with Crippen LogP contribution in [-0.4, -0.2) is 40.3 Å². The van der Waals surface area contributed by atoms with E-state index in [9.17, 15) is 19.8 Å². The SMILES string of the molecule is CC1CC(C)C(C)C(C)C(O)C(C)C(=O)OC(Cc2ccccc2)C(C)C(O)C(C)C1=O. The number of hydrogen-bond donors (Lipinski definition) is 2. The van der Waals surface area contributed by atoms with Gasteiger partial charge in [0.1, 0.15) is 11.9 Å². The van der Waals surface area contributed by atoms with Gasteiger partial charge in [-0.15, -0.1) is 0 Å². The number of aliphatic hydroxyl groups excluding tert-OH is 2. The number of carbonyl (C=O) groups is 2. The fraction of sp³-hybridized carbons (Fsp3) is 0.704. The van der Waals surface area contributed by atoms with Gasteiger partial charge in [-0.2, -0.15) is 0 Å². The first-order chi connectivity index (χ1) is 15.0. The van der Waals surface area contributed by atoms with Crippen LogP contribution in [0.3, 0.4) is 0 Å². The van der Waals surface area contributed by atoms with E-state index >= 15 is 0 Å². The lowest BCUT2D eigenvalue weighted by Gasteiger charge is -2.36. The standard InChI is InChI=1S/C27H42O5/c1-15-13-16(2)24(28)20(6)26(30)19(5)23(14-22-11-9-8-10-12-22)32-27(31)21(7)25(29)18(4)17(15)3/h8-12,15-21,23,25-26,29-30H,13-14H2,1-7H3. The van der Waals surface area contributed by atoms with Crippen LogP contribution in [0.5, 0.6) is 0 Å². The first-order valence-corrected chi connectivity index (χ1v) is 12.1. The van der Waals surface area contributed by atoms with E-state index < -0.39 is 42.0 Å². The zero-order valence-corrected chi connectivity index (χ0v) is 20.7. The summed E-state index contributed by atoms with van der Waals surface area (Å²) in [5.41, 5.74) is 0.988. The number of hydrogen-bond acceptors (Lipinski definition) is 5. The molecule has 2 rings (SSSR count). The first kappa shape index (κ1) is 26.5. The Morgan fingerprint density at radius 1 is 0.812 bits per heavy atom. The van der Waals surface area contributed by atoms with Gasteiger partial charge in [0, 0.05) is 24.2 Å². The number of ketones is 1. The molecule has 0 saturated carbocycles. The molecule has 180 valence electrons. The summed E-state index contributed by atoms with van der Waals surface area (Å²) in [6, 6.07) is 9.68. The smallest absolute Gasteiger partial charge is 0.311 e. The predicted molar refractivity (Wildman–Crippen MR) is 126 cm³/mol. The maximum absolute atomic E-state index is 13.1. The van der Waals surface area contributed by atoms with Crippen molar-refractivity contribution in [2.75, 3.05) is 0 Å². The van der Waals surface area contributed by atoms with Crippen LogP contribution >= 0.6 is 0 Å². The lowest BCUT2D eigenvalue weighted by molar-refractivity contribution is -0.165. The number of benzene rings is 1. The second-order valence-electron chi connectivity index (χ2n) is 10.3. The molecule has 0 amide bonds. The molecule has 1 fully saturated rings. The largest absolute Gasteiger partial charge is 0.461 e. The maximum atomic E-state index is 13.1. The van der Waals surface area contributed by atoms with E-state index in [1.54, 1.807) is 13.8 Å². The summed E-state index contributed by atoms with van der Waals surface area (Å²) in [6.07, 6.45) is -1.25. The topological polar surface area (TPSA) is 83.8 Å². The van der Waals surface area contributed by atoms with Gasteiger partial charge in [-0.3, -0.25) is 9.59 Å². The minimum Gasteiger partial charge on any atom is -0.461 e. The highest BCUT2D eigenvalue weighted by molar-refractivity contribution is 5.83. The molecule has 0 radical (unpaired) electrons. The van der Waals surface area contributed by atoms with Crippen LogP contribution in [0.1, 0.15) is 60.5 Å². The van der Waals surface area contributed by atoms with Gasteiger partial charge in [0.15, 0.2) is 0 Å². The number of aliphatic hydroxyl groups is 2. The summed E-state index contributed by atoms with van der Waals surface area (Å²) in [6.45, 7) is 13.4. The molecule has 0 aromatic heterocycles. The molecule has 0 bridgehead atoms.